The van der Waals surface area contributed by atoms with Crippen LogP contribution in [-0.2, 0) is 28.4 Å². The van der Waals surface area contributed by atoms with E-state index in [1.165, 1.54) is 116 Å². The van der Waals surface area contributed by atoms with Crippen molar-refractivity contribution in [2.24, 2.45) is 0 Å². The number of carbonyl (C=O) groups is 2. The molecule has 0 saturated carbocycles. The predicted octanol–water partition coefficient (Wildman–Crippen LogP) is 10.3. The van der Waals surface area contributed by atoms with E-state index in [1.807, 2.05) is 0 Å². The molecule has 0 aromatic carbocycles. The van der Waals surface area contributed by atoms with E-state index in [-0.39, 0.29) is 12.8 Å². The first-order valence-corrected chi connectivity index (χ1v) is 17.9. The summed E-state index contributed by atoms with van der Waals surface area (Å²) in [6, 6.07) is 0. The molecule has 0 atom stereocenters. The van der Waals surface area contributed by atoms with Gasteiger partial charge in [-0.3, -0.25) is 9.59 Å². The van der Waals surface area contributed by atoms with Gasteiger partial charge in [0.2, 0.25) is 0 Å². The Bertz CT molecular complexity index is 612. The Morgan fingerprint density at radius 2 is 0.590 bits per heavy atom. The highest BCUT2D eigenvalue weighted by Crippen LogP contribution is 2.15. The number of unbranched alkanes of at least 4 members (excludes halogenated alkanes) is 24. The summed E-state index contributed by atoms with van der Waals surface area (Å²) in [5.74, 6) is -1.71. The second-order valence-electron chi connectivity index (χ2n) is 11.3. The van der Waals surface area contributed by atoms with Crippen LogP contribution >= 0.6 is 0 Å². The molecule has 0 spiro atoms. The minimum Gasteiger partial charge on any atom is -0.316 e. The maximum Gasteiger partial charge on any atom is 0.506 e. The molecule has 0 saturated heterocycles. The third-order valence-corrected chi connectivity index (χ3v) is 8.14. The van der Waals surface area contributed by atoms with Gasteiger partial charge in [-0.05, 0) is 12.8 Å². The van der Waals surface area contributed by atoms with Crippen LogP contribution in [0.2, 0.25) is 0 Å². The Labute approximate surface area is 242 Å². The lowest BCUT2D eigenvalue weighted by Crippen LogP contribution is -2.19. The fourth-order valence-electron chi connectivity index (χ4n) is 4.90. The van der Waals surface area contributed by atoms with Crippen molar-refractivity contribution >= 4 is 22.3 Å². The van der Waals surface area contributed by atoms with Crippen LogP contribution in [0.3, 0.4) is 0 Å². The summed E-state index contributed by atoms with van der Waals surface area (Å²) in [4.78, 5) is 23.7. The van der Waals surface area contributed by atoms with E-state index in [4.69, 9.17) is 0 Å². The molecule has 7 heteroatoms. The molecule has 232 valence electrons. The largest absolute Gasteiger partial charge is 0.506 e. The normalized spacial score (nSPS) is 11.5. The van der Waals surface area contributed by atoms with Crippen molar-refractivity contribution in [1.29, 1.82) is 0 Å². The lowest BCUT2D eigenvalue weighted by Gasteiger charge is -2.06. The third-order valence-electron chi connectivity index (χ3n) is 7.36. The monoisotopic (exact) mass is 574 g/mol. The van der Waals surface area contributed by atoms with E-state index in [0.29, 0.717) is 12.8 Å². The number of carbonyl (C=O) groups excluding carboxylic acids is 2. The van der Waals surface area contributed by atoms with Gasteiger partial charge in [0.15, 0.2) is 0 Å². The molecular formula is C32H62O6S. The molecule has 6 nitrogen and oxygen atoms in total. The van der Waals surface area contributed by atoms with E-state index >= 15 is 0 Å². The van der Waals surface area contributed by atoms with Crippen LogP contribution in [0.5, 0.6) is 0 Å². The molecular weight excluding hydrogens is 512 g/mol. The highest BCUT2D eigenvalue weighted by atomic mass is 32.3. The summed E-state index contributed by atoms with van der Waals surface area (Å²) >= 11 is 0. The van der Waals surface area contributed by atoms with Gasteiger partial charge in [0.1, 0.15) is 0 Å². The lowest BCUT2D eigenvalue weighted by atomic mass is 10.0. The van der Waals surface area contributed by atoms with Gasteiger partial charge in [0, 0.05) is 12.8 Å². The summed E-state index contributed by atoms with van der Waals surface area (Å²) in [5, 5.41) is 0. The van der Waals surface area contributed by atoms with E-state index in [9.17, 15) is 18.0 Å². The fraction of sp³-hybridized carbons (Fsp3) is 0.938. The average molecular weight is 575 g/mol. The zero-order valence-electron chi connectivity index (χ0n) is 25.7. The molecule has 0 radical (unpaired) electrons. The number of hydrogen-bond acceptors (Lipinski definition) is 6. The Balaban J connectivity index is 3.58. The van der Waals surface area contributed by atoms with Crippen molar-refractivity contribution in [2.45, 2.75) is 194 Å². The van der Waals surface area contributed by atoms with E-state index in [1.54, 1.807) is 0 Å². The van der Waals surface area contributed by atoms with Crippen molar-refractivity contribution in [3.05, 3.63) is 0 Å². The quantitative estimate of drug-likeness (QED) is 0.0793. The summed E-state index contributed by atoms with van der Waals surface area (Å²) < 4.78 is 32.5. The van der Waals surface area contributed by atoms with Crippen molar-refractivity contribution in [3.63, 3.8) is 0 Å². The molecule has 0 heterocycles. The van der Waals surface area contributed by atoms with Crippen molar-refractivity contribution < 1.29 is 26.4 Å². The van der Waals surface area contributed by atoms with Gasteiger partial charge in [0.05, 0.1) is 0 Å². The molecule has 0 bridgehead atoms. The van der Waals surface area contributed by atoms with Gasteiger partial charge in [0.25, 0.3) is 0 Å². The maximum absolute atomic E-state index is 11.8. The smallest absolute Gasteiger partial charge is 0.316 e. The summed E-state index contributed by atoms with van der Waals surface area (Å²) in [5.41, 5.74) is 0. The topological polar surface area (TPSA) is 86.7 Å². The number of rotatable bonds is 30. The summed E-state index contributed by atoms with van der Waals surface area (Å²) in [6.07, 6.45) is 30.9. The lowest BCUT2D eigenvalue weighted by molar-refractivity contribution is -0.138. The van der Waals surface area contributed by atoms with Crippen molar-refractivity contribution in [1.82, 2.24) is 0 Å². The highest BCUT2D eigenvalue weighted by Gasteiger charge is 2.22. The first-order chi connectivity index (χ1) is 18.9. The summed E-state index contributed by atoms with van der Waals surface area (Å²) in [7, 11) is -4.61. The average Bonchev–Trinajstić information content (AvgIpc) is 2.88. The zero-order chi connectivity index (χ0) is 28.9. The second-order valence-corrected chi connectivity index (χ2v) is 12.5. The Hall–Kier alpha value is -1.11. The molecule has 0 aliphatic rings. The number of hydrogen-bond donors (Lipinski definition) is 0. The minimum absolute atomic E-state index is 0.0212. The second kappa shape index (κ2) is 28.4. The van der Waals surface area contributed by atoms with Crippen molar-refractivity contribution in [2.75, 3.05) is 0 Å². The van der Waals surface area contributed by atoms with Gasteiger partial charge in [-0.15, -0.1) is 8.42 Å². The molecule has 0 N–H and O–H groups in total. The van der Waals surface area contributed by atoms with Gasteiger partial charge in [-0.1, -0.05) is 168 Å². The van der Waals surface area contributed by atoms with Crippen molar-refractivity contribution in [3.8, 4) is 0 Å². The maximum atomic E-state index is 11.8. The van der Waals surface area contributed by atoms with E-state index < -0.39 is 22.3 Å². The highest BCUT2D eigenvalue weighted by molar-refractivity contribution is 7.82. The molecule has 0 aromatic heterocycles. The van der Waals surface area contributed by atoms with Crippen LogP contribution in [0.1, 0.15) is 194 Å². The van der Waals surface area contributed by atoms with Gasteiger partial charge < -0.3 is 8.37 Å². The van der Waals surface area contributed by atoms with Gasteiger partial charge in [-0.2, -0.15) is 0 Å². The Morgan fingerprint density at radius 3 is 0.821 bits per heavy atom. The molecule has 0 amide bonds. The summed E-state index contributed by atoms with van der Waals surface area (Å²) in [6.45, 7) is 4.48. The van der Waals surface area contributed by atoms with E-state index in [2.05, 4.69) is 22.2 Å². The molecule has 0 aromatic rings. The van der Waals surface area contributed by atoms with E-state index in [0.717, 1.165) is 38.5 Å². The standard InChI is InChI=1S/C32H62O6S/c1-3-5-7-9-11-13-15-17-19-21-23-25-27-29-31(33)37-39(35,36)38-32(34)30-28-26-24-22-20-18-16-14-12-10-8-6-4-2/h3-30H2,1-2H3. The van der Waals surface area contributed by atoms with Crippen LogP contribution in [0.15, 0.2) is 0 Å². The molecule has 39 heavy (non-hydrogen) atoms. The first-order valence-electron chi connectivity index (χ1n) is 16.6. The minimum atomic E-state index is -4.61. The van der Waals surface area contributed by atoms with Gasteiger partial charge in [-0.25, -0.2) is 0 Å². The van der Waals surface area contributed by atoms with Crippen LogP contribution < -0.4 is 0 Å². The predicted molar refractivity (Wildman–Crippen MR) is 162 cm³/mol. The molecule has 0 aliphatic heterocycles. The zero-order valence-corrected chi connectivity index (χ0v) is 26.5. The Morgan fingerprint density at radius 1 is 0.385 bits per heavy atom. The van der Waals surface area contributed by atoms with Crippen LogP contribution in [0.4, 0.5) is 0 Å². The molecule has 0 aliphatic carbocycles. The molecule has 0 unspecified atom stereocenters. The van der Waals surface area contributed by atoms with Gasteiger partial charge >= 0.3 is 22.3 Å². The van der Waals surface area contributed by atoms with Crippen LogP contribution in [0.25, 0.3) is 0 Å². The van der Waals surface area contributed by atoms with Crippen LogP contribution in [-0.4, -0.2) is 20.4 Å². The SMILES string of the molecule is CCCCCCCCCCCCCCCC(=O)OS(=O)(=O)OC(=O)CCCCCCCCCCCCCCC. The first kappa shape index (κ1) is 37.9. The Kier molecular flexibility index (Phi) is 27.6. The molecule has 0 fully saturated rings. The third kappa shape index (κ3) is 29.7. The van der Waals surface area contributed by atoms with Crippen LogP contribution in [0, 0.1) is 0 Å². The fourth-order valence-corrected chi connectivity index (χ4v) is 5.56. The molecule has 0 rings (SSSR count).